The Bertz CT molecular complexity index is 942. The average molecular weight is 415 g/mol. The fraction of sp³-hybridized carbons (Fsp3) is 0.0870. The molecule has 2 nitrogen and oxygen atoms in total. The van der Waals surface area contributed by atoms with Crippen LogP contribution < -0.4 is 5.72 Å². The molecule has 132 valence electrons. The average Bonchev–Trinajstić information content (AvgIpc) is 3.19. The zero-order valence-electron chi connectivity index (χ0n) is 15.0. The van der Waals surface area contributed by atoms with Crippen molar-refractivity contribution in [1.29, 1.82) is 0 Å². The van der Waals surface area contributed by atoms with Crippen LogP contribution in [0.3, 0.4) is 0 Å². The molecule has 4 heteroatoms. The van der Waals surface area contributed by atoms with Gasteiger partial charge in [-0.1, -0.05) is 82.9 Å². The van der Waals surface area contributed by atoms with Crippen molar-refractivity contribution in [1.82, 2.24) is 9.55 Å². The molecule has 0 radical (unpaired) electrons. The lowest BCUT2D eigenvalue weighted by atomic mass is 9.65. The van der Waals surface area contributed by atoms with Gasteiger partial charge in [-0.05, 0) is 35.4 Å². The van der Waals surface area contributed by atoms with Crippen LogP contribution in [0, 0.1) is 0 Å². The number of aromatic nitrogens is 2. The van der Waals surface area contributed by atoms with E-state index in [2.05, 4.69) is 110 Å². The smallest absolute Gasteiger partial charge is 0.206 e. The van der Waals surface area contributed by atoms with Crippen molar-refractivity contribution >= 4 is 28.9 Å². The maximum atomic E-state index is 4.63. The maximum absolute atomic E-state index is 4.63. The third kappa shape index (κ3) is 4.22. The molecule has 3 aromatic carbocycles. The van der Waals surface area contributed by atoms with Crippen LogP contribution in [0.2, 0.25) is 6.32 Å². The minimum atomic E-state index is 0.363. The number of hydrogen-bond donors (Lipinski definition) is 0. The summed E-state index contributed by atoms with van der Waals surface area (Å²) in [5.74, 6) is 0.363. The first-order chi connectivity index (χ1) is 13.3. The van der Waals surface area contributed by atoms with Gasteiger partial charge in [0.25, 0.3) is 0 Å². The molecule has 1 heterocycles. The third-order valence-corrected chi connectivity index (χ3v) is 5.41. The maximum Gasteiger partial charge on any atom is 0.206 e. The van der Waals surface area contributed by atoms with Crippen LogP contribution in [0.25, 0.3) is 5.69 Å². The van der Waals surface area contributed by atoms with Crippen LogP contribution in [-0.4, -0.2) is 16.8 Å². The summed E-state index contributed by atoms with van der Waals surface area (Å²) in [6.07, 6.45) is 4.94. The number of nitrogens with zero attached hydrogens (tertiary/aromatic N) is 2. The normalized spacial score (nSPS) is 10.9. The highest BCUT2D eigenvalue weighted by molar-refractivity contribution is 9.10. The van der Waals surface area contributed by atoms with Crippen molar-refractivity contribution in [3.8, 4) is 5.69 Å². The van der Waals surface area contributed by atoms with Gasteiger partial charge >= 0.3 is 0 Å². The van der Waals surface area contributed by atoms with Gasteiger partial charge in [-0.15, -0.1) is 0 Å². The van der Waals surface area contributed by atoms with Gasteiger partial charge in [-0.2, -0.15) is 0 Å². The second-order valence-corrected chi connectivity index (χ2v) is 7.52. The van der Waals surface area contributed by atoms with Crippen molar-refractivity contribution in [3.63, 3.8) is 0 Å². The lowest BCUT2D eigenvalue weighted by Gasteiger charge is -2.18. The molecule has 4 rings (SSSR count). The summed E-state index contributed by atoms with van der Waals surface area (Å²) in [5.41, 5.74) is 4.94. The zero-order chi connectivity index (χ0) is 18.5. The molecule has 0 amide bonds. The second-order valence-electron chi connectivity index (χ2n) is 6.60. The molecule has 4 aromatic rings. The minimum absolute atomic E-state index is 0.363. The van der Waals surface area contributed by atoms with E-state index in [1.807, 2.05) is 12.4 Å². The van der Waals surface area contributed by atoms with Crippen LogP contribution in [0.5, 0.6) is 0 Å². The van der Waals surface area contributed by atoms with Gasteiger partial charge in [0.15, 0.2) is 0 Å². The highest BCUT2D eigenvalue weighted by Gasteiger charge is 2.16. The van der Waals surface area contributed by atoms with Crippen molar-refractivity contribution in [2.75, 3.05) is 0 Å². The lowest BCUT2D eigenvalue weighted by molar-refractivity contribution is 0.913. The van der Waals surface area contributed by atoms with Crippen LogP contribution in [0.4, 0.5) is 0 Å². The number of hydrogen-bond acceptors (Lipinski definition) is 1. The van der Waals surface area contributed by atoms with Crippen molar-refractivity contribution in [2.24, 2.45) is 0 Å². The molecule has 1 aromatic heterocycles. The number of halogens is 1. The Morgan fingerprint density at radius 2 is 1.41 bits per heavy atom. The Kier molecular flexibility index (Phi) is 5.54. The Morgan fingerprint density at radius 1 is 0.815 bits per heavy atom. The van der Waals surface area contributed by atoms with E-state index in [-0.39, 0.29) is 0 Å². The topological polar surface area (TPSA) is 17.8 Å². The molecule has 0 aliphatic rings. The molecular formula is C23H20BBrN2. The number of rotatable bonds is 6. The third-order valence-electron chi connectivity index (χ3n) is 4.88. The second kappa shape index (κ2) is 8.40. The van der Waals surface area contributed by atoms with E-state index in [4.69, 9.17) is 0 Å². The zero-order valence-corrected chi connectivity index (χ0v) is 16.6. The summed E-state index contributed by atoms with van der Waals surface area (Å²) in [4.78, 5) is 4.63. The quantitative estimate of drug-likeness (QED) is 0.408. The summed E-state index contributed by atoms with van der Waals surface area (Å²) < 4.78 is 3.26. The number of benzene rings is 3. The molecule has 0 unspecified atom stereocenters. The van der Waals surface area contributed by atoms with Crippen molar-refractivity contribution in [3.05, 3.63) is 113 Å². The van der Waals surface area contributed by atoms with Crippen LogP contribution >= 0.6 is 15.9 Å². The molecule has 0 aliphatic heterocycles. The van der Waals surface area contributed by atoms with Gasteiger partial charge < -0.3 is 4.57 Å². The Hall–Kier alpha value is -2.59. The van der Waals surface area contributed by atoms with Crippen LogP contribution in [-0.2, 0) is 0 Å². The molecule has 0 bridgehead atoms. The minimum Gasteiger partial charge on any atom is -0.312 e. The molecule has 0 saturated carbocycles. The molecule has 0 spiro atoms. The predicted octanol–water partition coefficient (Wildman–Crippen LogP) is 4.95. The van der Waals surface area contributed by atoms with Gasteiger partial charge in [0.05, 0.1) is 5.72 Å². The molecular weight excluding hydrogens is 395 g/mol. The lowest BCUT2D eigenvalue weighted by Crippen LogP contribution is -2.26. The first-order valence-corrected chi connectivity index (χ1v) is 9.98. The first kappa shape index (κ1) is 17.8. The van der Waals surface area contributed by atoms with Crippen LogP contribution in [0.15, 0.2) is 102 Å². The fourth-order valence-electron chi connectivity index (χ4n) is 3.53. The Labute approximate surface area is 169 Å². The van der Waals surface area contributed by atoms with Gasteiger partial charge in [0.2, 0.25) is 7.28 Å². The fourth-order valence-corrected chi connectivity index (χ4v) is 3.79. The van der Waals surface area contributed by atoms with Crippen LogP contribution in [0.1, 0.15) is 17.0 Å². The standard InChI is InChI=1S/C23H20BBrN2/c25-20-11-13-21(14-12-20)27-16-15-26-23(27)24-17-22(18-7-3-1-4-8-18)19-9-5-2-6-10-19/h1-16,22,24H,17H2. The van der Waals surface area contributed by atoms with E-state index >= 15 is 0 Å². The molecule has 0 fully saturated rings. The summed E-state index contributed by atoms with van der Waals surface area (Å²) in [5, 5.41) is 0. The molecule has 0 atom stereocenters. The monoisotopic (exact) mass is 414 g/mol. The van der Waals surface area contributed by atoms with E-state index in [9.17, 15) is 0 Å². The molecule has 27 heavy (non-hydrogen) atoms. The SMILES string of the molecule is Brc1ccc(-n2ccnc2BCC(c2ccccc2)c2ccccc2)cc1. The van der Waals surface area contributed by atoms with E-state index in [0.29, 0.717) is 5.92 Å². The van der Waals surface area contributed by atoms with Gasteiger partial charge in [-0.3, -0.25) is 4.98 Å². The highest BCUT2D eigenvalue weighted by Crippen LogP contribution is 2.28. The molecule has 0 N–H and O–H groups in total. The van der Waals surface area contributed by atoms with Gasteiger partial charge in [0.1, 0.15) is 0 Å². The summed E-state index contributed by atoms with van der Waals surface area (Å²) in [6, 6.07) is 29.9. The predicted molar refractivity (Wildman–Crippen MR) is 118 cm³/mol. The number of imidazole rings is 1. The summed E-state index contributed by atoms with van der Waals surface area (Å²) >= 11 is 3.50. The largest absolute Gasteiger partial charge is 0.312 e. The summed E-state index contributed by atoms with van der Waals surface area (Å²) in [6.45, 7) is 0. The van der Waals surface area contributed by atoms with E-state index in [0.717, 1.165) is 29.5 Å². The molecule has 0 aliphatic carbocycles. The Morgan fingerprint density at radius 3 is 2.00 bits per heavy atom. The Balaban J connectivity index is 1.59. The first-order valence-electron chi connectivity index (χ1n) is 9.19. The van der Waals surface area contributed by atoms with Gasteiger partial charge in [0, 0.05) is 28.5 Å². The molecule has 0 saturated heterocycles. The summed E-state index contributed by atoms with van der Waals surface area (Å²) in [7, 11) is 0.914. The van der Waals surface area contributed by atoms with Crippen molar-refractivity contribution < 1.29 is 0 Å². The van der Waals surface area contributed by atoms with E-state index < -0.39 is 0 Å². The van der Waals surface area contributed by atoms with E-state index in [1.54, 1.807) is 0 Å². The van der Waals surface area contributed by atoms with Crippen molar-refractivity contribution in [2.45, 2.75) is 12.2 Å². The van der Waals surface area contributed by atoms with Gasteiger partial charge in [-0.25, -0.2) is 0 Å². The van der Waals surface area contributed by atoms with E-state index in [1.165, 1.54) is 11.1 Å². The highest BCUT2D eigenvalue weighted by atomic mass is 79.9.